The molecule has 0 bridgehead atoms. The summed E-state index contributed by atoms with van der Waals surface area (Å²) in [4.78, 5) is 9.22. The lowest BCUT2D eigenvalue weighted by Crippen LogP contribution is -2.44. The molecule has 150 valence electrons. The first-order valence-corrected chi connectivity index (χ1v) is 10.5. The second kappa shape index (κ2) is 10.3. The van der Waals surface area contributed by atoms with E-state index in [9.17, 15) is 0 Å². The molecule has 2 saturated heterocycles. The van der Waals surface area contributed by atoms with E-state index in [0.717, 1.165) is 63.3 Å². The average molecular weight is 393 g/mol. The number of aliphatic imine (C=N–C) groups is 1. The fourth-order valence-electron chi connectivity index (χ4n) is 4.04. The lowest BCUT2D eigenvalue weighted by atomic mass is 9.96. The largest absolute Gasteiger partial charge is 0.381 e. The van der Waals surface area contributed by atoms with Crippen LogP contribution in [0.4, 0.5) is 0 Å². The zero-order chi connectivity index (χ0) is 19.1. The maximum absolute atomic E-state index is 6.30. The smallest absolute Gasteiger partial charge is 0.193 e. The minimum Gasteiger partial charge on any atom is -0.381 e. The van der Waals surface area contributed by atoms with Crippen LogP contribution in [0.3, 0.4) is 0 Å². The van der Waals surface area contributed by atoms with Gasteiger partial charge in [-0.1, -0.05) is 29.8 Å². The Hall–Kier alpha value is -1.30. The Balaban J connectivity index is 1.38. The molecule has 27 heavy (non-hydrogen) atoms. The molecule has 0 aromatic heterocycles. The monoisotopic (exact) mass is 392 g/mol. The maximum Gasteiger partial charge on any atom is 0.193 e. The molecule has 1 N–H and O–H groups in total. The number of rotatable bonds is 6. The van der Waals surface area contributed by atoms with Crippen LogP contribution in [0.5, 0.6) is 0 Å². The Morgan fingerprint density at radius 2 is 2.04 bits per heavy atom. The van der Waals surface area contributed by atoms with Crippen molar-refractivity contribution in [2.45, 2.75) is 25.8 Å². The van der Waals surface area contributed by atoms with Crippen molar-refractivity contribution in [3.63, 3.8) is 0 Å². The summed E-state index contributed by atoms with van der Waals surface area (Å²) in [6, 6.07) is 8.17. The van der Waals surface area contributed by atoms with Gasteiger partial charge < -0.3 is 15.0 Å². The molecule has 2 fully saturated rings. The summed E-state index contributed by atoms with van der Waals surface area (Å²) in [5.41, 5.74) is 1.23. The molecule has 0 radical (unpaired) electrons. The van der Waals surface area contributed by atoms with Gasteiger partial charge in [-0.25, -0.2) is 0 Å². The van der Waals surface area contributed by atoms with Gasteiger partial charge in [-0.15, -0.1) is 0 Å². The first-order valence-electron chi connectivity index (χ1n) is 10.1. The summed E-state index contributed by atoms with van der Waals surface area (Å²) in [6.07, 6.45) is 3.59. The molecule has 1 atom stereocenters. The van der Waals surface area contributed by atoms with Crippen LogP contribution >= 0.6 is 11.6 Å². The van der Waals surface area contributed by atoms with Crippen LogP contribution in [0.1, 0.15) is 24.8 Å². The molecule has 2 heterocycles. The molecule has 6 heteroatoms. The van der Waals surface area contributed by atoms with Crippen LogP contribution in [0.2, 0.25) is 5.02 Å². The lowest BCUT2D eigenvalue weighted by molar-refractivity contribution is 0.176. The first kappa shape index (κ1) is 20.4. The predicted molar refractivity (Wildman–Crippen MR) is 112 cm³/mol. The van der Waals surface area contributed by atoms with Crippen molar-refractivity contribution in [2.75, 3.05) is 53.5 Å². The number of nitrogens with zero attached hydrogens (tertiary/aromatic N) is 3. The fourth-order valence-corrected chi connectivity index (χ4v) is 4.23. The van der Waals surface area contributed by atoms with E-state index >= 15 is 0 Å². The van der Waals surface area contributed by atoms with Gasteiger partial charge >= 0.3 is 0 Å². The number of hydrogen-bond donors (Lipinski definition) is 1. The quantitative estimate of drug-likeness (QED) is 0.596. The summed E-state index contributed by atoms with van der Waals surface area (Å²) in [5.74, 6) is 2.33. The third-order valence-corrected chi connectivity index (χ3v) is 6.11. The second-order valence-corrected chi connectivity index (χ2v) is 8.26. The van der Waals surface area contributed by atoms with Crippen molar-refractivity contribution in [1.82, 2.24) is 15.1 Å². The van der Waals surface area contributed by atoms with Gasteiger partial charge in [0.2, 0.25) is 0 Å². The molecule has 1 aromatic carbocycles. The SMILES string of the molecule is CN=C(NCC1CCN(Cc2ccccc2Cl)CC1)N(C)CC1CCOC1. The molecular formula is C21H33ClN4O. The number of halogens is 1. The van der Waals surface area contributed by atoms with E-state index in [-0.39, 0.29) is 0 Å². The highest BCUT2D eigenvalue weighted by atomic mass is 35.5. The highest BCUT2D eigenvalue weighted by Gasteiger charge is 2.22. The first-order chi connectivity index (χ1) is 13.2. The number of guanidine groups is 1. The van der Waals surface area contributed by atoms with Crippen molar-refractivity contribution in [2.24, 2.45) is 16.8 Å². The van der Waals surface area contributed by atoms with Crippen LogP contribution in [0.15, 0.2) is 29.3 Å². The zero-order valence-corrected chi connectivity index (χ0v) is 17.4. The van der Waals surface area contributed by atoms with E-state index in [4.69, 9.17) is 16.3 Å². The normalized spacial score (nSPS) is 22.2. The van der Waals surface area contributed by atoms with E-state index in [0.29, 0.717) is 11.8 Å². The standard InChI is InChI=1S/C21H33ClN4O/c1-23-21(25(2)14-18-9-12-27-16-18)24-13-17-7-10-26(11-8-17)15-19-5-3-4-6-20(19)22/h3-6,17-18H,7-16H2,1-2H3,(H,23,24). The van der Waals surface area contributed by atoms with Gasteiger partial charge in [-0.2, -0.15) is 0 Å². The van der Waals surface area contributed by atoms with E-state index in [1.165, 1.54) is 18.4 Å². The molecule has 2 aliphatic heterocycles. The molecule has 0 amide bonds. The molecule has 2 aliphatic rings. The van der Waals surface area contributed by atoms with Crippen LogP contribution in [0, 0.1) is 11.8 Å². The Morgan fingerprint density at radius 1 is 1.26 bits per heavy atom. The van der Waals surface area contributed by atoms with E-state index in [1.807, 2.05) is 19.2 Å². The van der Waals surface area contributed by atoms with Gasteiger partial charge in [0.15, 0.2) is 5.96 Å². The van der Waals surface area contributed by atoms with Crippen LogP contribution in [-0.4, -0.2) is 69.2 Å². The van der Waals surface area contributed by atoms with Crippen LogP contribution in [0.25, 0.3) is 0 Å². The fraction of sp³-hybridized carbons (Fsp3) is 0.667. The minimum atomic E-state index is 0.626. The van der Waals surface area contributed by atoms with Crippen molar-refractivity contribution >= 4 is 17.6 Å². The third kappa shape index (κ3) is 6.09. The molecular weight excluding hydrogens is 360 g/mol. The van der Waals surface area contributed by atoms with Crippen LogP contribution in [-0.2, 0) is 11.3 Å². The molecule has 1 unspecified atom stereocenters. The van der Waals surface area contributed by atoms with Crippen molar-refractivity contribution in [3.05, 3.63) is 34.9 Å². The van der Waals surface area contributed by atoms with E-state index in [1.54, 1.807) is 0 Å². The molecule has 5 nitrogen and oxygen atoms in total. The van der Waals surface area contributed by atoms with E-state index < -0.39 is 0 Å². The number of likely N-dealkylation sites (tertiary alicyclic amines) is 1. The molecule has 3 rings (SSSR count). The number of nitrogens with one attached hydrogen (secondary N) is 1. The molecule has 0 spiro atoms. The third-order valence-electron chi connectivity index (χ3n) is 5.74. The average Bonchev–Trinajstić information content (AvgIpc) is 3.18. The number of hydrogen-bond acceptors (Lipinski definition) is 3. The number of piperidine rings is 1. The van der Waals surface area contributed by atoms with Gasteiger partial charge in [0.1, 0.15) is 0 Å². The predicted octanol–water partition coefficient (Wildman–Crippen LogP) is 3.10. The van der Waals surface area contributed by atoms with Crippen LogP contribution < -0.4 is 5.32 Å². The Labute approximate surface area is 168 Å². The Bertz CT molecular complexity index is 610. The minimum absolute atomic E-state index is 0.626. The lowest BCUT2D eigenvalue weighted by Gasteiger charge is -2.33. The Morgan fingerprint density at radius 3 is 2.70 bits per heavy atom. The second-order valence-electron chi connectivity index (χ2n) is 7.85. The number of ether oxygens (including phenoxy) is 1. The van der Waals surface area contributed by atoms with Gasteiger partial charge in [0.25, 0.3) is 0 Å². The topological polar surface area (TPSA) is 40.1 Å². The molecule has 0 saturated carbocycles. The van der Waals surface area contributed by atoms with Gasteiger partial charge in [-0.05, 0) is 49.9 Å². The summed E-state index contributed by atoms with van der Waals surface area (Å²) < 4.78 is 5.49. The number of benzene rings is 1. The highest BCUT2D eigenvalue weighted by Crippen LogP contribution is 2.22. The van der Waals surface area contributed by atoms with Crippen molar-refractivity contribution in [1.29, 1.82) is 0 Å². The van der Waals surface area contributed by atoms with E-state index in [2.05, 4.69) is 39.3 Å². The molecule has 0 aliphatic carbocycles. The summed E-state index contributed by atoms with van der Waals surface area (Å²) in [5, 5.41) is 4.46. The summed E-state index contributed by atoms with van der Waals surface area (Å²) in [7, 11) is 4.00. The van der Waals surface area contributed by atoms with Gasteiger partial charge in [0, 0.05) is 51.3 Å². The van der Waals surface area contributed by atoms with Crippen molar-refractivity contribution in [3.8, 4) is 0 Å². The summed E-state index contributed by atoms with van der Waals surface area (Å²) in [6.45, 7) is 7.00. The Kier molecular flexibility index (Phi) is 7.80. The van der Waals surface area contributed by atoms with Crippen molar-refractivity contribution < 1.29 is 4.74 Å². The van der Waals surface area contributed by atoms with Gasteiger partial charge in [-0.3, -0.25) is 9.89 Å². The van der Waals surface area contributed by atoms with Gasteiger partial charge in [0.05, 0.1) is 6.61 Å². The maximum atomic E-state index is 6.30. The highest BCUT2D eigenvalue weighted by molar-refractivity contribution is 6.31. The zero-order valence-electron chi connectivity index (χ0n) is 16.7. The molecule has 1 aromatic rings. The summed E-state index contributed by atoms with van der Waals surface area (Å²) >= 11 is 6.30.